The topological polar surface area (TPSA) is 104 Å². The summed E-state index contributed by atoms with van der Waals surface area (Å²) in [6.07, 6.45) is 6.74. The van der Waals surface area contributed by atoms with Gasteiger partial charge in [0.05, 0.1) is 12.8 Å². The van der Waals surface area contributed by atoms with Crippen molar-refractivity contribution in [1.29, 1.82) is 0 Å². The van der Waals surface area contributed by atoms with Crippen LogP contribution in [0.5, 0.6) is 0 Å². The van der Waals surface area contributed by atoms with Gasteiger partial charge in [-0.2, -0.15) is 0 Å². The number of nitrogens with zero attached hydrogens (tertiary/aromatic N) is 1. The quantitative estimate of drug-likeness (QED) is 0.568. The zero-order valence-corrected chi connectivity index (χ0v) is 13.1. The molecule has 1 aliphatic carbocycles. The molecular formula is C15H22N4O4. The van der Waals surface area contributed by atoms with Gasteiger partial charge < -0.3 is 15.1 Å². The lowest BCUT2D eigenvalue weighted by Crippen LogP contribution is -2.54. The van der Waals surface area contributed by atoms with Crippen LogP contribution in [-0.4, -0.2) is 35.9 Å². The number of hydrogen-bond donors (Lipinski definition) is 3. The van der Waals surface area contributed by atoms with Crippen molar-refractivity contribution in [3.05, 3.63) is 24.2 Å². The third kappa shape index (κ3) is 5.32. The second kappa shape index (κ2) is 8.21. The van der Waals surface area contributed by atoms with Crippen LogP contribution in [0.4, 0.5) is 4.79 Å². The number of furan rings is 1. The number of carbonyl (C=O) groups excluding carboxylic acids is 3. The molecular weight excluding hydrogens is 300 g/mol. The number of nitrogens with one attached hydrogen (secondary N) is 3. The van der Waals surface area contributed by atoms with E-state index in [0.717, 1.165) is 30.7 Å². The fraction of sp³-hybridized carbons (Fsp3) is 0.533. The molecule has 1 fully saturated rings. The van der Waals surface area contributed by atoms with E-state index in [0.29, 0.717) is 5.76 Å². The third-order valence-electron chi connectivity index (χ3n) is 3.72. The molecule has 1 aliphatic rings. The van der Waals surface area contributed by atoms with E-state index in [1.54, 1.807) is 12.1 Å². The number of hydrogen-bond acceptors (Lipinski definition) is 4. The molecule has 0 unspecified atom stereocenters. The first kappa shape index (κ1) is 16.9. The third-order valence-corrected chi connectivity index (χ3v) is 3.72. The molecule has 0 bridgehead atoms. The Morgan fingerprint density at radius 3 is 2.61 bits per heavy atom. The SMILES string of the molecule is CN(NC(=O)C(=O)NCc1ccco1)C(=O)NC1CCCCC1. The largest absolute Gasteiger partial charge is 0.467 e. The van der Waals surface area contributed by atoms with Gasteiger partial charge in [0, 0.05) is 13.1 Å². The number of amides is 4. The molecule has 8 nitrogen and oxygen atoms in total. The number of rotatable bonds is 3. The molecule has 0 aromatic carbocycles. The van der Waals surface area contributed by atoms with Gasteiger partial charge in [-0.1, -0.05) is 19.3 Å². The van der Waals surface area contributed by atoms with E-state index in [1.807, 2.05) is 0 Å². The Morgan fingerprint density at radius 2 is 1.96 bits per heavy atom. The minimum absolute atomic E-state index is 0.108. The van der Waals surface area contributed by atoms with Gasteiger partial charge in [-0.3, -0.25) is 15.0 Å². The molecule has 0 spiro atoms. The summed E-state index contributed by atoms with van der Waals surface area (Å²) in [5.74, 6) is -1.20. The second-order valence-electron chi connectivity index (χ2n) is 5.55. The minimum Gasteiger partial charge on any atom is -0.467 e. The summed E-state index contributed by atoms with van der Waals surface area (Å²) in [7, 11) is 1.40. The first-order valence-electron chi connectivity index (χ1n) is 7.71. The average molecular weight is 322 g/mol. The van der Waals surface area contributed by atoms with Gasteiger partial charge in [-0.15, -0.1) is 0 Å². The Morgan fingerprint density at radius 1 is 1.22 bits per heavy atom. The number of carbonyl (C=O) groups is 3. The molecule has 0 atom stereocenters. The first-order chi connectivity index (χ1) is 11.1. The van der Waals surface area contributed by atoms with Crippen molar-refractivity contribution in [2.24, 2.45) is 0 Å². The molecule has 3 N–H and O–H groups in total. The molecule has 0 saturated heterocycles. The molecule has 23 heavy (non-hydrogen) atoms. The van der Waals surface area contributed by atoms with Gasteiger partial charge in [0.25, 0.3) is 0 Å². The van der Waals surface area contributed by atoms with Crippen molar-refractivity contribution in [2.45, 2.75) is 44.7 Å². The van der Waals surface area contributed by atoms with Crippen molar-refractivity contribution in [3.8, 4) is 0 Å². The maximum Gasteiger partial charge on any atom is 0.336 e. The van der Waals surface area contributed by atoms with E-state index < -0.39 is 17.8 Å². The Bertz CT molecular complexity index is 538. The molecule has 8 heteroatoms. The van der Waals surface area contributed by atoms with Gasteiger partial charge in [-0.25, -0.2) is 9.80 Å². The highest BCUT2D eigenvalue weighted by atomic mass is 16.3. The van der Waals surface area contributed by atoms with Crippen LogP contribution in [0.1, 0.15) is 37.9 Å². The highest BCUT2D eigenvalue weighted by Gasteiger charge is 2.21. The second-order valence-corrected chi connectivity index (χ2v) is 5.55. The summed E-state index contributed by atoms with van der Waals surface area (Å²) in [6.45, 7) is 0.108. The van der Waals surface area contributed by atoms with Crippen LogP contribution in [0.2, 0.25) is 0 Å². The molecule has 126 valence electrons. The van der Waals surface area contributed by atoms with Crippen molar-refractivity contribution in [3.63, 3.8) is 0 Å². The van der Waals surface area contributed by atoms with Crippen LogP contribution in [0.25, 0.3) is 0 Å². The summed E-state index contributed by atoms with van der Waals surface area (Å²) in [5.41, 5.74) is 2.24. The van der Waals surface area contributed by atoms with Crippen LogP contribution in [-0.2, 0) is 16.1 Å². The normalized spacial score (nSPS) is 14.8. The van der Waals surface area contributed by atoms with Gasteiger partial charge in [0.2, 0.25) is 0 Å². The summed E-state index contributed by atoms with van der Waals surface area (Å²) >= 11 is 0. The molecule has 1 aromatic rings. The van der Waals surface area contributed by atoms with Crippen molar-refractivity contribution < 1.29 is 18.8 Å². The molecule has 1 heterocycles. The molecule has 1 saturated carbocycles. The summed E-state index contributed by atoms with van der Waals surface area (Å²) in [5, 5.41) is 6.24. The smallest absolute Gasteiger partial charge is 0.336 e. The van der Waals surface area contributed by atoms with Gasteiger partial charge in [0.15, 0.2) is 0 Å². The van der Waals surface area contributed by atoms with Gasteiger partial charge in [0.1, 0.15) is 5.76 Å². The highest BCUT2D eigenvalue weighted by molar-refractivity contribution is 6.35. The predicted molar refractivity (Wildman–Crippen MR) is 81.9 cm³/mol. The maximum absolute atomic E-state index is 12.0. The Kier molecular flexibility index (Phi) is 6.02. The van der Waals surface area contributed by atoms with Crippen molar-refractivity contribution >= 4 is 17.8 Å². The highest BCUT2D eigenvalue weighted by Crippen LogP contribution is 2.17. The van der Waals surface area contributed by atoms with Crippen LogP contribution in [0.3, 0.4) is 0 Å². The summed E-state index contributed by atoms with van der Waals surface area (Å²) in [6, 6.07) is 3.07. The lowest BCUT2D eigenvalue weighted by Gasteiger charge is -2.26. The summed E-state index contributed by atoms with van der Waals surface area (Å²) in [4.78, 5) is 35.4. The fourth-order valence-electron chi connectivity index (χ4n) is 2.43. The first-order valence-corrected chi connectivity index (χ1v) is 7.71. The van der Waals surface area contributed by atoms with Crippen molar-refractivity contribution in [2.75, 3.05) is 7.05 Å². The summed E-state index contributed by atoms with van der Waals surface area (Å²) < 4.78 is 5.05. The number of urea groups is 1. The van der Waals surface area contributed by atoms with E-state index >= 15 is 0 Å². The van der Waals surface area contributed by atoms with Crippen LogP contribution < -0.4 is 16.1 Å². The Hall–Kier alpha value is -2.51. The average Bonchev–Trinajstić information content (AvgIpc) is 3.06. The Labute approximate surface area is 134 Å². The van der Waals surface area contributed by atoms with Crippen LogP contribution in [0.15, 0.2) is 22.8 Å². The molecule has 0 radical (unpaired) electrons. The van der Waals surface area contributed by atoms with Crippen LogP contribution >= 0.6 is 0 Å². The lowest BCUT2D eigenvalue weighted by atomic mass is 9.96. The van der Waals surface area contributed by atoms with E-state index in [4.69, 9.17) is 4.42 Å². The van der Waals surface area contributed by atoms with E-state index in [9.17, 15) is 14.4 Å². The van der Waals surface area contributed by atoms with E-state index in [2.05, 4.69) is 16.1 Å². The monoisotopic (exact) mass is 322 g/mol. The molecule has 0 aliphatic heterocycles. The van der Waals surface area contributed by atoms with Crippen LogP contribution in [0, 0.1) is 0 Å². The van der Waals surface area contributed by atoms with E-state index in [-0.39, 0.29) is 12.6 Å². The van der Waals surface area contributed by atoms with E-state index in [1.165, 1.54) is 19.7 Å². The molecule has 2 rings (SSSR count). The Balaban J connectivity index is 1.72. The molecule has 4 amide bonds. The maximum atomic E-state index is 12.0. The predicted octanol–water partition coefficient (Wildman–Crippen LogP) is 0.901. The fourth-order valence-corrected chi connectivity index (χ4v) is 2.43. The zero-order valence-electron chi connectivity index (χ0n) is 13.1. The van der Waals surface area contributed by atoms with Gasteiger partial charge >= 0.3 is 17.8 Å². The standard InChI is InChI=1S/C15H22N4O4/c1-19(15(22)17-11-6-3-2-4-7-11)18-14(21)13(20)16-10-12-8-5-9-23-12/h5,8-9,11H,2-4,6-7,10H2,1H3,(H,16,20)(H,17,22)(H,18,21). The minimum atomic E-state index is -0.905. The molecule has 1 aromatic heterocycles. The lowest BCUT2D eigenvalue weighted by molar-refractivity contribution is -0.141. The zero-order chi connectivity index (χ0) is 16.7. The van der Waals surface area contributed by atoms with Gasteiger partial charge in [-0.05, 0) is 25.0 Å². The number of hydrazine groups is 1. The van der Waals surface area contributed by atoms with Crippen molar-refractivity contribution in [1.82, 2.24) is 21.1 Å².